The van der Waals surface area contributed by atoms with Gasteiger partial charge < -0.3 is 19.9 Å². The van der Waals surface area contributed by atoms with Gasteiger partial charge in [0.05, 0.1) is 12.7 Å². The SMILES string of the molecule is COC(=O)[C@@]1(NC(=O)OC(C)(C)C)C[C@@H]1c1c(C)cc(C(=O)O)cc1C. The number of hydrogen-bond acceptors (Lipinski definition) is 5. The number of alkyl carbamates (subject to hydrolysis) is 1. The summed E-state index contributed by atoms with van der Waals surface area (Å²) >= 11 is 0. The molecule has 1 aromatic rings. The van der Waals surface area contributed by atoms with Gasteiger partial charge in [-0.25, -0.2) is 14.4 Å². The number of rotatable bonds is 4. The fourth-order valence-electron chi connectivity index (χ4n) is 3.34. The Morgan fingerprint density at radius 1 is 1.19 bits per heavy atom. The number of carbonyl (C=O) groups excluding carboxylic acids is 2. The van der Waals surface area contributed by atoms with Gasteiger partial charge in [-0.2, -0.15) is 0 Å². The molecule has 2 rings (SSSR count). The Labute approximate surface area is 152 Å². The van der Waals surface area contributed by atoms with Gasteiger partial charge in [0.2, 0.25) is 0 Å². The molecule has 142 valence electrons. The molecular weight excluding hydrogens is 338 g/mol. The van der Waals surface area contributed by atoms with Crippen molar-refractivity contribution in [3.05, 3.63) is 34.4 Å². The number of nitrogens with one attached hydrogen (secondary N) is 1. The second-order valence-electron chi connectivity index (χ2n) is 7.68. The Morgan fingerprint density at radius 2 is 1.73 bits per heavy atom. The molecule has 1 fully saturated rings. The lowest BCUT2D eigenvalue weighted by Gasteiger charge is -2.23. The van der Waals surface area contributed by atoms with E-state index in [0.29, 0.717) is 6.42 Å². The van der Waals surface area contributed by atoms with Gasteiger partial charge in [0.1, 0.15) is 11.1 Å². The molecular formula is C19H25NO6. The van der Waals surface area contributed by atoms with Crippen LogP contribution in [0.2, 0.25) is 0 Å². The van der Waals surface area contributed by atoms with Gasteiger partial charge in [-0.05, 0) is 69.9 Å². The average molecular weight is 363 g/mol. The third kappa shape index (κ3) is 3.81. The van der Waals surface area contributed by atoms with Gasteiger partial charge >= 0.3 is 18.0 Å². The summed E-state index contributed by atoms with van der Waals surface area (Å²) < 4.78 is 10.2. The largest absolute Gasteiger partial charge is 0.478 e. The van der Waals surface area contributed by atoms with E-state index in [9.17, 15) is 19.5 Å². The fraction of sp³-hybridized carbons (Fsp3) is 0.526. The van der Waals surface area contributed by atoms with Crippen molar-refractivity contribution in [3.8, 4) is 0 Å². The Kier molecular flexibility index (Phi) is 5.03. The molecule has 0 aliphatic heterocycles. The molecule has 0 saturated heterocycles. The molecule has 0 unspecified atom stereocenters. The van der Waals surface area contributed by atoms with E-state index in [4.69, 9.17) is 9.47 Å². The number of ether oxygens (including phenoxy) is 2. The highest BCUT2D eigenvalue weighted by Crippen LogP contribution is 2.54. The number of aromatic carboxylic acids is 1. The van der Waals surface area contributed by atoms with Gasteiger partial charge in [-0.1, -0.05) is 0 Å². The summed E-state index contributed by atoms with van der Waals surface area (Å²) in [6.07, 6.45) is -0.324. The maximum absolute atomic E-state index is 12.4. The van der Waals surface area contributed by atoms with Crippen molar-refractivity contribution in [2.75, 3.05) is 7.11 Å². The average Bonchev–Trinajstić information content (AvgIpc) is 3.18. The van der Waals surface area contributed by atoms with E-state index < -0.39 is 29.2 Å². The summed E-state index contributed by atoms with van der Waals surface area (Å²) in [5, 5.41) is 11.9. The lowest BCUT2D eigenvalue weighted by molar-refractivity contribution is -0.144. The number of amides is 1. The standard InChI is InChI=1S/C19H25NO6/c1-10-7-12(15(21)22)8-11(2)14(10)13-9-19(13,16(23)25-6)20-17(24)26-18(3,4)5/h7-8,13H,9H2,1-6H3,(H,20,24)(H,21,22)/t13-,19-/m1/s1. The van der Waals surface area contributed by atoms with Crippen LogP contribution in [0.3, 0.4) is 0 Å². The first-order chi connectivity index (χ1) is 11.9. The smallest absolute Gasteiger partial charge is 0.408 e. The predicted molar refractivity (Wildman–Crippen MR) is 94.4 cm³/mol. The molecule has 2 atom stereocenters. The van der Waals surface area contributed by atoms with E-state index in [-0.39, 0.29) is 11.5 Å². The number of carboxylic acid groups (broad SMARTS) is 1. The topological polar surface area (TPSA) is 102 Å². The normalized spacial score (nSPS) is 21.7. The Hall–Kier alpha value is -2.57. The quantitative estimate of drug-likeness (QED) is 0.798. The summed E-state index contributed by atoms with van der Waals surface area (Å²) in [6.45, 7) is 8.80. The minimum atomic E-state index is -1.20. The van der Waals surface area contributed by atoms with Crippen LogP contribution in [0.5, 0.6) is 0 Å². The van der Waals surface area contributed by atoms with Gasteiger partial charge in [-0.3, -0.25) is 0 Å². The van der Waals surface area contributed by atoms with Crippen molar-refractivity contribution >= 4 is 18.0 Å². The number of carbonyl (C=O) groups is 3. The predicted octanol–water partition coefficient (Wildman–Crippen LogP) is 2.93. The molecule has 7 nitrogen and oxygen atoms in total. The highest BCUT2D eigenvalue weighted by Gasteiger charge is 2.64. The summed E-state index contributed by atoms with van der Waals surface area (Å²) in [5.74, 6) is -1.86. The van der Waals surface area contributed by atoms with Crippen molar-refractivity contribution in [2.45, 2.75) is 58.1 Å². The van der Waals surface area contributed by atoms with E-state index in [1.54, 1.807) is 46.8 Å². The molecule has 0 aromatic heterocycles. The van der Waals surface area contributed by atoms with Gasteiger partial charge in [0.25, 0.3) is 0 Å². The molecule has 0 heterocycles. The first-order valence-electron chi connectivity index (χ1n) is 8.35. The number of esters is 1. The summed E-state index contributed by atoms with van der Waals surface area (Å²) in [7, 11) is 1.27. The summed E-state index contributed by atoms with van der Waals surface area (Å²) in [4.78, 5) is 35.8. The van der Waals surface area contributed by atoms with Crippen LogP contribution in [0.1, 0.15) is 60.2 Å². The molecule has 0 bridgehead atoms. The molecule has 1 aromatic carbocycles. The van der Waals surface area contributed by atoms with Gasteiger partial charge in [-0.15, -0.1) is 0 Å². The van der Waals surface area contributed by atoms with Crippen molar-refractivity contribution in [3.63, 3.8) is 0 Å². The Bertz CT molecular complexity index is 741. The maximum Gasteiger partial charge on any atom is 0.408 e. The Morgan fingerprint density at radius 3 is 2.15 bits per heavy atom. The second kappa shape index (κ2) is 6.63. The minimum Gasteiger partial charge on any atom is -0.478 e. The van der Waals surface area contributed by atoms with Crippen molar-refractivity contribution in [1.82, 2.24) is 5.32 Å². The van der Waals surface area contributed by atoms with Gasteiger partial charge in [0.15, 0.2) is 0 Å². The van der Waals surface area contributed by atoms with E-state index in [1.807, 2.05) is 0 Å². The van der Waals surface area contributed by atoms with Crippen molar-refractivity contribution in [2.24, 2.45) is 0 Å². The Balaban J connectivity index is 2.35. The molecule has 1 aliphatic carbocycles. The molecule has 1 saturated carbocycles. The molecule has 2 N–H and O–H groups in total. The molecule has 0 radical (unpaired) electrons. The molecule has 0 spiro atoms. The second-order valence-corrected chi connectivity index (χ2v) is 7.68. The summed E-state index contributed by atoms with van der Waals surface area (Å²) in [6, 6.07) is 3.14. The van der Waals surface area contributed by atoms with E-state index in [1.165, 1.54) is 7.11 Å². The molecule has 26 heavy (non-hydrogen) atoms. The first-order valence-corrected chi connectivity index (χ1v) is 8.35. The molecule has 1 aliphatic rings. The zero-order valence-electron chi connectivity index (χ0n) is 15.9. The van der Waals surface area contributed by atoms with Crippen molar-refractivity contribution < 1.29 is 29.0 Å². The van der Waals surface area contributed by atoms with E-state index in [0.717, 1.165) is 16.7 Å². The van der Waals surface area contributed by atoms with Crippen LogP contribution < -0.4 is 5.32 Å². The number of methoxy groups -OCH3 is 1. The monoisotopic (exact) mass is 363 g/mol. The zero-order valence-corrected chi connectivity index (χ0v) is 15.9. The van der Waals surface area contributed by atoms with Crippen LogP contribution in [-0.4, -0.2) is 41.4 Å². The minimum absolute atomic E-state index is 0.188. The van der Waals surface area contributed by atoms with E-state index >= 15 is 0 Å². The van der Waals surface area contributed by atoms with Crippen LogP contribution in [-0.2, 0) is 14.3 Å². The third-order valence-corrected chi connectivity index (χ3v) is 4.42. The zero-order chi connectivity index (χ0) is 19.9. The molecule has 1 amide bonds. The highest BCUT2D eigenvalue weighted by atomic mass is 16.6. The van der Waals surface area contributed by atoms with Crippen molar-refractivity contribution in [1.29, 1.82) is 0 Å². The van der Waals surface area contributed by atoms with Crippen LogP contribution >= 0.6 is 0 Å². The fourth-order valence-corrected chi connectivity index (χ4v) is 3.34. The number of benzene rings is 1. The maximum atomic E-state index is 12.4. The van der Waals surface area contributed by atoms with Crippen LogP contribution in [0.15, 0.2) is 12.1 Å². The summed E-state index contributed by atoms with van der Waals surface area (Å²) in [5.41, 5.74) is 0.649. The van der Waals surface area contributed by atoms with E-state index in [2.05, 4.69) is 5.32 Å². The highest BCUT2D eigenvalue weighted by molar-refractivity contribution is 5.92. The molecule has 7 heteroatoms. The van der Waals surface area contributed by atoms with Crippen LogP contribution in [0, 0.1) is 13.8 Å². The van der Waals surface area contributed by atoms with Crippen LogP contribution in [0.4, 0.5) is 4.79 Å². The number of hydrogen-bond donors (Lipinski definition) is 2. The third-order valence-electron chi connectivity index (χ3n) is 4.42. The number of aryl methyl sites for hydroxylation is 2. The number of carboxylic acids is 1. The van der Waals surface area contributed by atoms with Crippen LogP contribution in [0.25, 0.3) is 0 Å². The lowest BCUT2D eigenvalue weighted by atomic mass is 9.93. The lowest BCUT2D eigenvalue weighted by Crippen LogP contribution is -2.47. The first kappa shape index (κ1) is 19.8. The van der Waals surface area contributed by atoms with Gasteiger partial charge in [0, 0.05) is 5.92 Å².